The molecule has 112 valence electrons. The quantitative estimate of drug-likeness (QED) is 0.535. The summed E-state index contributed by atoms with van der Waals surface area (Å²) in [5.41, 5.74) is 0.135. The molecule has 1 aromatic rings. The Labute approximate surface area is 116 Å². The summed E-state index contributed by atoms with van der Waals surface area (Å²) in [5, 5.41) is 0. The number of ether oxygens (including phenoxy) is 1. The molecule has 1 aromatic carbocycles. The molecule has 0 amide bonds. The summed E-state index contributed by atoms with van der Waals surface area (Å²) in [5.74, 6) is -0.927. The number of rotatable bonds is 7. The minimum absolute atomic E-state index is 0.135. The fourth-order valence-electron chi connectivity index (χ4n) is 1.82. The summed E-state index contributed by atoms with van der Waals surface area (Å²) in [6.07, 6.45) is -3.77. The van der Waals surface area contributed by atoms with E-state index in [4.69, 9.17) is 0 Å². The number of alkyl halides is 3. The van der Waals surface area contributed by atoms with E-state index in [1.807, 2.05) is 6.92 Å². The van der Waals surface area contributed by atoms with Gasteiger partial charge in [-0.1, -0.05) is 44.4 Å². The van der Waals surface area contributed by atoms with Crippen LogP contribution in [-0.2, 0) is 4.74 Å². The van der Waals surface area contributed by atoms with Crippen LogP contribution in [0.25, 0.3) is 0 Å². The fraction of sp³-hybridized carbons (Fsp3) is 0.533. The topological polar surface area (TPSA) is 26.3 Å². The molecule has 0 aliphatic heterocycles. The zero-order chi connectivity index (χ0) is 15.0. The molecule has 0 saturated carbocycles. The average molecular weight is 288 g/mol. The lowest BCUT2D eigenvalue weighted by Crippen LogP contribution is -2.33. The summed E-state index contributed by atoms with van der Waals surface area (Å²) in [4.78, 5) is 11.7. The molecular weight excluding hydrogens is 269 g/mol. The molecule has 1 rings (SSSR count). The normalized spacial score (nSPS) is 13.0. The molecule has 0 N–H and O–H groups in total. The maximum Gasteiger partial charge on any atom is 0.425 e. The van der Waals surface area contributed by atoms with E-state index in [2.05, 4.69) is 4.74 Å². The average Bonchev–Trinajstić information content (AvgIpc) is 2.42. The number of carbonyl (C=O) groups is 1. The third-order valence-electron chi connectivity index (χ3n) is 2.94. The van der Waals surface area contributed by atoms with Crippen molar-refractivity contribution in [2.24, 2.45) is 0 Å². The van der Waals surface area contributed by atoms with Crippen molar-refractivity contribution in [2.75, 3.05) is 0 Å². The van der Waals surface area contributed by atoms with Crippen molar-refractivity contribution in [2.45, 2.75) is 51.3 Å². The number of halogens is 3. The summed E-state index contributed by atoms with van der Waals surface area (Å²) in [6, 6.07) is 7.73. The molecule has 0 bridgehead atoms. The maximum atomic E-state index is 12.8. The van der Waals surface area contributed by atoms with Crippen LogP contribution in [0.5, 0.6) is 0 Å². The van der Waals surface area contributed by atoms with E-state index >= 15 is 0 Å². The summed E-state index contributed by atoms with van der Waals surface area (Å²) in [7, 11) is 0. The van der Waals surface area contributed by atoms with E-state index in [0.717, 1.165) is 12.8 Å². The van der Waals surface area contributed by atoms with Gasteiger partial charge in [0.15, 0.2) is 6.10 Å². The Morgan fingerprint density at radius 2 is 1.80 bits per heavy atom. The van der Waals surface area contributed by atoms with Gasteiger partial charge >= 0.3 is 12.1 Å². The monoisotopic (exact) mass is 288 g/mol. The SMILES string of the molecule is CCCCCC[C@@H](OC(=O)c1ccccc1)C(F)(F)F. The lowest BCUT2D eigenvalue weighted by molar-refractivity contribution is -0.206. The first kappa shape index (κ1) is 16.5. The highest BCUT2D eigenvalue weighted by atomic mass is 19.4. The van der Waals surface area contributed by atoms with E-state index in [1.54, 1.807) is 18.2 Å². The second-order valence-corrected chi connectivity index (χ2v) is 4.65. The molecule has 0 aliphatic rings. The van der Waals surface area contributed by atoms with Crippen LogP contribution < -0.4 is 0 Å². The summed E-state index contributed by atoms with van der Waals surface area (Å²) < 4.78 is 43.1. The van der Waals surface area contributed by atoms with Gasteiger partial charge in [0, 0.05) is 0 Å². The highest BCUT2D eigenvalue weighted by Crippen LogP contribution is 2.28. The number of hydrogen-bond donors (Lipinski definition) is 0. The lowest BCUT2D eigenvalue weighted by atomic mass is 10.1. The van der Waals surface area contributed by atoms with Crippen molar-refractivity contribution in [1.82, 2.24) is 0 Å². The van der Waals surface area contributed by atoms with Gasteiger partial charge < -0.3 is 4.74 Å². The molecule has 0 heterocycles. The first-order valence-corrected chi connectivity index (χ1v) is 6.78. The molecule has 0 aromatic heterocycles. The van der Waals surface area contributed by atoms with E-state index < -0.39 is 18.2 Å². The largest absolute Gasteiger partial charge is 0.449 e. The number of esters is 1. The molecule has 0 unspecified atom stereocenters. The van der Waals surface area contributed by atoms with Gasteiger partial charge in [-0.05, 0) is 25.0 Å². The second-order valence-electron chi connectivity index (χ2n) is 4.65. The van der Waals surface area contributed by atoms with Crippen LogP contribution in [0.15, 0.2) is 30.3 Å². The smallest absolute Gasteiger partial charge is 0.425 e. The summed E-state index contributed by atoms with van der Waals surface area (Å²) >= 11 is 0. The zero-order valence-electron chi connectivity index (χ0n) is 11.5. The molecule has 0 saturated heterocycles. The standard InChI is InChI=1S/C15H19F3O2/c1-2-3-4-8-11-13(15(16,17)18)20-14(19)12-9-6-5-7-10-12/h5-7,9-10,13H,2-4,8,11H2,1H3/t13-/m1/s1. The first-order valence-electron chi connectivity index (χ1n) is 6.78. The van der Waals surface area contributed by atoms with Crippen LogP contribution in [0, 0.1) is 0 Å². The highest BCUT2D eigenvalue weighted by Gasteiger charge is 2.42. The molecule has 20 heavy (non-hydrogen) atoms. The van der Waals surface area contributed by atoms with Crippen molar-refractivity contribution in [3.05, 3.63) is 35.9 Å². The van der Waals surface area contributed by atoms with E-state index in [1.165, 1.54) is 12.1 Å². The summed E-state index contributed by atoms with van der Waals surface area (Å²) in [6.45, 7) is 1.98. The van der Waals surface area contributed by atoms with Gasteiger partial charge in [0.25, 0.3) is 0 Å². The molecular formula is C15H19F3O2. The Hall–Kier alpha value is -1.52. The van der Waals surface area contributed by atoms with Crippen LogP contribution in [0.1, 0.15) is 49.4 Å². The Morgan fingerprint density at radius 3 is 2.35 bits per heavy atom. The zero-order valence-corrected chi connectivity index (χ0v) is 11.5. The second kappa shape index (κ2) is 7.92. The minimum atomic E-state index is -4.52. The Bertz CT molecular complexity index is 401. The highest BCUT2D eigenvalue weighted by molar-refractivity contribution is 5.89. The van der Waals surface area contributed by atoms with Gasteiger partial charge in [-0.15, -0.1) is 0 Å². The maximum absolute atomic E-state index is 12.8. The lowest BCUT2D eigenvalue weighted by Gasteiger charge is -2.20. The van der Waals surface area contributed by atoms with Crippen LogP contribution >= 0.6 is 0 Å². The van der Waals surface area contributed by atoms with E-state index in [9.17, 15) is 18.0 Å². The predicted molar refractivity (Wildman–Crippen MR) is 70.5 cm³/mol. The molecule has 1 atom stereocenters. The Morgan fingerprint density at radius 1 is 1.15 bits per heavy atom. The van der Waals surface area contributed by atoms with Crippen molar-refractivity contribution in [3.8, 4) is 0 Å². The van der Waals surface area contributed by atoms with Gasteiger partial charge in [0.1, 0.15) is 0 Å². The van der Waals surface area contributed by atoms with Crippen molar-refractivity contribution in [1.29, 1.82) is 0 Å². The molecule has 0 fully saturated rings. The molecule has 5 heteroatoms. The van der Waals surface area contributed by atoms with Crippen LogP contribution in [0.3, 0.4) is 0 Å². The van der Waals surface area contributed by atoms with Crippen molar-refractivity contribution >= 4 is 5.97 Å². The number of unbranched alkanes of at least 4 members (excludes halogenated alkanes) is 3. The Kier molecular flexibility index (Phi) is 6.55. The van der Waals surface area contributed by atoms with E-state index in [0.29, 0.717) is 12.8 Å². The van der Waals surface area contributed by atoms with Gasteiger partial charge in [0.05, 0.1) is 5.56 Å². The third kappa shape index (κ3) is 5.63. The van der Waals surface area contributed by atoms with Crippen molar-refractivity contribution < 1.29 is 22.7 Å². The number of carbonyl (C=O) groups excluding carboxylic acids is 1. The van der Waals surface area contributed by atoms with Gasteiger partial charge in [-0.2, -0.15) is 13.2 Å². The number of hydrogen-bond acceptors (Lipinski definition) is 2. The van der Waals surface area contributed by atoms with E-state index in [-0.39, 0.29) is 12.0 Å². The predicted octanol–water partition coefficient (Wildman–Crippen LogP) is 4.74. The fourth-order valence-corrected chi connectivity index (χ4v) is 1.82. The third-order valence-corrected chi connectivity index (χ3v) is 2.94. The van der Waals surface area contributed by atoms with Gasteiger partial charge in [-0.3, -0.25) is 0 Å². The molecule has 0 aliphatic carbocycles. The molecule has 0 radical (unpaired) electrons. The van der Waals surface area contributed by atoms with Crippen LogP contribution in [-0.4, -0.2) is 18.2 Å². The van der Waals surface area contributed by atoms with Gasteiger partial charge in [-0.25, -0.2) is 4.79 Å². The van der Waals surface area contributed by atoms with Crippen LogP contribution in [0.4, 0.5) is 13.2 Å². The minimum Gasteiger partial charge on any atom is -0.449 e. The molecule has 2 nitrogen and oxygen atoms in total. The number of benzene rings is 1. The Balaban J connectivity index is 2.59. The van der Waals surface area contributed by atoms with Crippen molar-refractivity contribution in [3.63, 3.8) is 0 Å². The molecule has 0 spiro atoms. The van der Waals surface area contributed by atoms with Gasteiger partial charge in [0.2, 0.25) is 0 Å². The first-order chi connectivity index (χ1) is 9.45. The van der Waals surface area contributed by atoms with Crippen LogP contribution in [0.2, 0.25) is 0 Å².